The van der Waals surface area contributed by atoms with E-state index >= 15 is 0 Å². The van der Waals surface area contributed by atoms with Crippen LogP contribution in [0.1, 0.15) is 5.56 Å². The first-order valence-corrected chi connectivity index (χ1v) is 10.4. The van der Waals surface area contributed by atoms with Gasteiger partial charge in [-0.05, 0) is 63.4 Å². The molecule has 0 radical (unpaired) electrons. The third-order valence-electron chi connectivity index (χ3n) is 5.87. The van der Waals surface area contributed by atoms with Crippen molar-refractivity contribution < 1.29 is 0 Å². The number of fused-ring (bicyclic) bond motifs is 5. The second-order valence-corrected chi connectivity index (χ2v) is 8.48. The van der Waals surface area contributed by atoms with Crippen LogP contribution in [0, 0.1) is 6.92 Å². The summed E-state index contributed by atoms with van der Waals surface area (Å²) in [6, 6.07) is 33.3. The maximum absolute atomic E-state index is 2.39. The normalized spacial score (nSPS) is 11.8. The van der Waals surface area contributed by atoms with E-state index in [1.165, 1.54) is 58.4 Å². The Balaban J connectivity index is 1.79. The Morgan fingerprint density at radius 2 is 1.04 bits per heavy atom. The molecule has 0 unspecified atom stereocenters. The zero-order valence-electron chi connectivity index (χ0n) is 15.6. The average molecular weight is 375 g/mol. The van der Waals surface area contributed by atoms with Crippen molar-refractivity contribution in [3.05, 3.63) is 96.6 Å². The predicted octanol–water partition coefficient (Wildman–Crippen LogP) is 8.34. The molecular weight excluding hydrogens is 356 g/mol. The third-order valence-corrected chi connectivity index (χ3v) is 7.02. The van der Waals surface area contributed by atoms with Crippen molar-refractivity contribution in [2.24, 2.45) is 0 Å². The lowest BCUT2D eigenvalue weighted by Crippen LogP contribution is -1.89. The fourth-order valence-electron chi connectivity index (χ4n) is 4.54. The first kappa shape index (κ1) is 15.9. The van der Waals surface area contributed by atoms with Crippen molar-refractivity contribution in [1.82, 2.24) is 0 Å². The van der Waals surface area contributed by atoms with Crippen molar-refractivity contribution in [3.8, 4) is 11.1 Å². The number of aryl methyl sites for hydroxylation is 1. The minimum atomic E-state index is 1.29. The minimum absolute atomic E-state index is 1.29. The summed E-state index contributed by atoms with van der Waals surface area (Å²) in [4.78, 5) is 0. The molecule has 132 valence electrons. The van der Waals surface area contributed by atoms with Gasteiger partial charge in [-0.15, -0.1) is 11.3 Å². The van der Waals surface area contributed by atoms with Crippen LogP contribution in [0.2, 0.25) is 0 Å². The zero-order valence-corrected chi connectivity index (χ0v) is 16.4. The summed E-state index contributed by atoms with van der Waals surface area (Å²) in [7, 11) is 0. The Morgan fingerprint density at radius 3 is 1.71 bits per heavy atom. The van der Waals surface area contributed by atoms with E-state index in [9.17, 15) is 0 Å². The van der Waals surface area contributed by atoms with Gasteiger partial charge >= 0.3 is 0 Å². The van der Waals surface area contributed by atoms with Crippen LogP contribution in [-0.2, 0) is 0 Å². The zero-order chi connectivity index (χ0) is 18.7. The minimum Gasteiger partial charge on any atom is -0.135 e. The fraction of sp³-hybridized carbons (Fsp3) is 0.0370. The summed E-state index contributed by atoms with van der Waals surface area (Å²) in [6.07, 6.45) is 0. The summed E-state index contributed by atoms with van der Waals surface area (Å²) in [5.74, 6) is 0. The van der Waals surface area contributed by atoms with Gasteiger partial charge in [-0.1, -0.05) is 72.8 Å². The Bertz CT molecular complexity index is 1460. The number of rotatable bonds is 1. The molecule has 0 nitrogen and oxygen atoms in total. The van der Waals surface area contributed by atoms with E-state index < -0.39 is 0 Å². The van der Waals surface area contributed by atoms with Gasteiger partial charge < -0.3 is 0 Å². The van der Waals surface area contributed by atoms with Gasteiger partial charge in [0.25, 0.3) is 0 Å². The molecule has 28 heavy (non-hydrogen) atoms. The molecule has 1 aromatic heterocycles. The van der Waals surface area contributed by atoms with E-state index in [0.717, 1.165) is 0 Å². The molecule has 0 spiro atoms. The molecular formula is C27H18S. The Morgan fingerprint density at radius 1 is 0.500 bits per heavy atom. The van der Waals surface area contributed by atoms with E-state index in [1.54, 1.807) is 0 Å². The number of hydrogen-bond acceptors (Lipinski definition) is 1. The molecule has 0 fully saturated rings. The molecule has 1 heterocycles. The highest BCUT2D eigenvalue weighted by Crippen LogP contribution is 2.42. The van der Waals surface area contributed by atoms with Gasteiger partial charge in [0.2, 0.25) is 0 Å². The van der Waals surface area contributed by atoms with Crippen molar-refractivity contribution in [2.45, 2.75) is 6.92 Å². The van der Waals surface area contributed by atoms with Crippen molar-refractivity contribution in [3.63, 3.8) is 0 Å². The molecule has 6 rings (SSSR count). The van der Waals surface area contributed by atoms with Gasteiger partial charge in [-0.3, -0.25) is 0 Å². The highest BCUT2D eigenvalue weighted by molar-refractivity contribution is 7.25. The first-order chi connectivity index (χ1) is 13.8. The topological polar surface area (TPSA) is 0 Å². The Labute approximate surface area is 167 Å². The maximum atomic E-state index is 2.39. The van der Waals surface area contributed by atoms with Crippen LogP contribution in [0.3, 0.4) is 0 Å². The van der Waals surface area contributed by atoms with Crippen molar-refractivity contribution in [1.29, 1.82) is 0 Å². The summed E-state index contributed by atoms with van der Waals surface area (Å²) in [5.41, 5.74) is 3.99. The van der Waals surface area contributed by atoms with Gasteiger partial charge in [-0.25, -0.2) is 0 Å². The maximum Gasteiger partial charge on any atom is 0.0355 e. The molecule has 0 amide bonds. The SMILES string of the molecule is Cc1c2ccccc2c(-c2ccc3sc4ccccc4c3c2)c2ccccc12. The largest absolute Gasteiger partial charge is 0.135 e. The summed E-state index contributed by atoms with van der Waals surface area (Å²) in [6.45, 7) is 2.24. The summed E-state index contributed by atoms with van der Waals surface area (Å²) >= 11 is 1.88. The molecule has 6 aromatic rings. The van der Waals surface area contributed by atoms with Crippen molar-refractivity contribution >= 4 is 53.1 Å². The Kier molecular flexibility index (Phi) is 3.35. The highest BCUT2D eigenvalue weighted by Gasteiger charge is 2.14. The van der Waals surface area contributed by atoms with E-state index in [-0.39, 0.29) is 0 Å². The fourth-order valence-corrected chi connectivity index (χ4v) is 5.63. The summed E-state index contributed by atoms with van der Waals surface area (Å²) < 4.78 is 2.71. The van der Waals surface area contributed by atoms with Crippen LogP contribution < -0.4 is 0 Å². The number of hydrogen-bond donors (Lipinski definition) is 0. The van der Waals surface area contributed by atoms with Gasteiger partial charge in [0.15, 0.2) is 0 Å². The standard InChI is InChI=1S/C27H18S/c1-17-19-8-2-4-11-22(19)27(23-12-5-3-9-20(17)23)18-14-15-26-24(16-18)21-10-6-7-13-25(21)28-26/h2-16H,1H3. The van der Waals surface area contributed by atoms with E-state index in [0.29, 0.717) is 0 Å². The summed E-state index contributed by atoms with van der Waals surface area (Å²) in [5, 5.41) is 8.05. The van der Waals surface area contributed by atoms with Gasteiger partial charge in [0, 0.05) is 20.2 Å². The van der Waals surface area contributed by atoms with Crippen LogP contribution in [0.25, 0.3) is 52.8 Å². The quantitative estimate of drug-likeness (QED) is 0.254. The lowest BCUT2D eigenvalue weighted by atomic mass is 9.88. The molecule has 0 atom stereocenters. The van der Waals surface area contributed by atoms with Crippen molar-refractivity contribution in [2.75, 3.05) is 0 Å². The molecule has 0 bridgehead atoms. The second kappa shape index (κ2) is 5.92. The predicted molar refractivity (Wildman–Crippen MR) is 125 cm³/mol. The second-order valence-electron chi connectivity index (χ2n) is 7.40. The van der Waals surface area contributed by atoms with Crippen LogP contribution in [0.4, 0.5) is 0 Å². The molecule has 0 aliphatic rings. The number of benzene rings is 5. The van der Waals surface area contributed by atoms with Gasteiger partial charge in [0.1, 0.15) is 0 Å². The molecule has 0 aliphatic heterocycles. The van der Waals surface area contributed by atoms with E-state index in [2.05, 4.69) is 97.9 Å². The monoisotopic (exact) mass is 374 g/mol. The van der Waals surface area contributed by atoms with Crippen LogP contribution in [0.5, 0.6) is 0 Å². The Hall–Kier alpha value is -3.16. The van der Waals surface area contributed by atoms with E-state index in [4.69, 9.17) is 0 Å². The average Bonchev–Trinajstić information content (AvgIpc) is 3.12. The number of thiophene rings is 1. The molecule has 0 aliphatic carbocycles. The first-order valence-electron chi connectivity index (χ1n) is 9.63. The molecule has 0 saturated heterocycles. The molecule has 1 heteroatoms. The molecule has 5 aromatic carbocycles. The van der Waals surface area contributed by atoms with Crippen LogP contribution in [0.15, 0.2) is 91.0 Å². The lowest BCUT2D eigenvalue weighted by Gasteiger charge is -2.15. The third kappa shape index (κ3) is 2.17. The van der Waals surface area contributed by atoms with Crippen LogP contribution in [-0.4, -0.2) is 0 Å². The van der Waals surface area contributed by atoms with Crippen LogP contribution >= 0.6 is 11.3 Å². The van der Waals surface area contributed by atoms with Gasteiger partial charge in [0.05, 0.1) is 0 Å². The van der Waals surface area contributed by atoms with E-state index in [1.807, 2.05) is 11.3 Å². The smallest absolute Gasteiger partial charge is 0.0355 e. The highest BCUT2D eigenvalue weighted by atomic mass is 32.1. The molecule has 0 saturated carbocycles. The lowest BCUT2D eigenvalue weighted by molar-refractivity contribution is 1.58. The molecule has 0 N–H and O–H groups in total. The van der Waals surface area contributed by atoms with Gasteiger partial charge in [-0.2, -0.15) is 0 Å².